The molecule has 0 saturated heterocycles. The van der Waals surface area contributed by atoms with Crippen molar-refractivity contribution in [2.45, 2.75) is 45.7 Å². The van der Waals surface area contributed by atoms with Crippen LogP contribution in [0.25, 0.3) is 5.57 Å². The molecule has 1 atom stereocenters. The van der Waals surface area contributed by atoms with E-state index in [1.165, 1.54) is 0 Å². The van der Waals surface area contributed by atoms with Gasteiger partial charge in [-0.2, -0.15) is 13.2 Å². The standard InChI is InChI=1S/C17H18F3NO/c1-3-16-7-6-13(22)15(17(18,19)20)14(16)10-4-5-12(21)9(2)11(10)8-16/h4-5H,3,6-8,21H2,1-2H3. The first-order chi connectivity index (χ1) is 10.2. The summed E-state index contributed by atoms with van der Waals surface area (Å²) < 4.78 is 40.5. The van der Waals surface area contributed by atoms with E-state index in [1.807, 2.05) is 13.8 Å². The van der Waals surface area contributed by atoms with Crippen molar-refractivity contribution in [2.75, 3.05) is 5.73 Å². The third-order valence-electron chi connectivity index (χ3n) is 5.27. The zero-order valence-corrected chi connectivity index (χ0v) is 12.6. The van der Waals surface area contributed by atoms with Crippen molar-refractivity contribution in [3.63, 3.8) is 0 Å². The molecule has 1 aromatic carbocycles. The highest BCUT2D eigenvalue weighted by molar-refractivity contribution is 6.07. The summed E-state index contributed by atoms with van der Waals surface area (Å²) in [4.78, 5) is 12.0. The van der Waals surface area contributed by atoms with E-state index in [0.717, 1.165) is 11.1 Å². The molecule has 2 N–H and O–H groups in total. The second-order valence-corrected chi connectivity index (χ2v) is 6.29. The minimum atomic E-state index is -4.61. The molecule has 0 saturated carbocycles. The molecule has 5 heteroatoms. The number of nitrogens with two attached hydrogens (primary N) is 1. The lowest BCUT2D eigenvalue weighted by Gasteiger charge is -2.36. The Bertz CT molecular complexity index is 703. The second-order valence-electron chi connectivity index (χ2n) is 6.29. The molecule has 1 aromatic rings. The van der Waals surface area contributed by atoms with E-state index >= 15 is 0 Å². The van der Waals surface area contributed by atoms with Crippen molar-refractivity contribution >= 4 is 17.0 Å². The lowest BCUT2D eigenvalue weighted by molar-refractivity contribution is -0.130. The molecule has 0 radical (unpaired) electrons. The van der Waals surface area contributed by atoms with Crippen molar-refractivity contribution in [1.29, 1.82) is 0 Å². The number of alkyl halides is 3. The summed E-state index contributed by atoms with van der Waals surface area (Å²) in [5.74, 6) is -0.783. The summed E-state index contributed by atoms with van der Waals surface area (Å²) in [6.45, 7) is 3.73. The molecule has 2 aliphatic carbocycles. The van der Waals surface area contributed by atoms with Gasteiger partial charge in [-0.25, -0.2) is 0 Å². The van der Waals surface area contributed by atoms with E-state index in [1.54, 1.807) is 12.1 Å². The molecular weight excluding hydrogens is 291 g/mol. The number of allylic oxidation sites excluding steroid dienone is 2. The van der Waals surface area contributed by atoms with Crippen LogP contribution in [-0.2, 0) is 11.2 Å². The van der Waals surface area contributed by atoms with Gasteiger partial charge in [0.15, 0.2) is 5.78 Å². The Morgan fingerprint density at radius 1 is 1.32 bits per heavy atom. The number of rotatable bonds is 1. The molecule has 1 unspecified atom stereocenters. The first-order valence-electron chi connectivity index (χ1n) is 7.45. The van der Waals surface area contributed by atoms with E-state index < -0.39 is 22.9 Å². The molecule has 0 fully saturated rings. The first-order valence-corrected chi connectivity index (χ1v) is 7.45. The van der Waals surface area contributed by atoms with Gasteiger partial charge in [-0.3, -0.25) is 4.79 Å². The number of benzene rings is 1. The number of hydrogen-bond acceptors (Lipinski definition) is 2. The minimum Gasteiger partial charge on any atom is -0.399 e. The molecule has 0 bridgehead atoms. The molecule has 3 rings (SSSR count). The summed E-state index contributed by atoms with van der Waals surface area (Å²) in [7, 11) is 0. The number of ketones is 1. The summed E-state index contributed by atoms with van der Waals surface area (Å²) in [5, 5.41) is 0. The molecule has 2 nitrogen and oxygen atoms in total. The summed E-state index contributed by atoms with van der Waals surface area (Å²) in [5.41, 5.74) is 7.44. The van der Waals surface area contributed by atoms with Crippen LogP contribution in [0.1, 0.15) is 42.9 Å². The van der Waals surface area contributed by atoms with Gasteiger partial charge in [-0.1, -0.05) is 13.0 Å². The van der Waals surface area contributed by atoms with Crippen LogP contribution in [-0.4, -0.2) is 12.0 Å². The quantitative estimate of drug-likeness (QED) is 0.790. The highest BCUT2D eigenvalue weighted by Crippen LogP contribution is 2.58. The average Bonchev–Trinajstić information content (AvgIpc) is 2.77. The van der Waals surface area contributed by atoms with Crippen LogP contribution in [0.15, 0.2) is 17.7 Å². The highest BCUT2D eigenvalue weighted by Gasteiger charge is 2.53. The molecule has 0 aromatic heterocycles. The van der Waals surface area contributed by atoms with Gasteiger partial charge in [-0.15, -0.1) is 0 Å². The fraction of sp³-hybridized carbons (Fsp3) is 0.471. The molecule has 2 aliphatic rings. The minimum absolute atomic E-state index is 0.0330. The maximum atomic E-state index is 13.5. The Morgan fingerprint density at radius 2 is 2.00 bits per heavy atom. The van der Waals surface area contributed by atoms with Crippen LogP contribution in [0.3, 0.4) is 0 Å². The van der Waals surface area contributed by atoms with Crippen LogP contribution in [0, 0.1) is 12.3 Å². The number of carbonyl (C=O) groups is 1. The van der Waals surface area contributed by atoms with Crippen molar-refractivity contribution in [3.8, 4) is 0 Å². The van der Waals surface area contributed by atoms with E-state index in [0.29, 0.717) is 30.5 Å². The molecule has 0 amide bonds. The van der Waals surface area contributed by atoms with Gasteiger partial charge in [0.05, 0.1) is 0 Å². The number of fused-ring (bicyclic) bond motifs is 3. The number of halogens is 3. The number of hydrogen-bond donors (Lipinski definition) is 1. The number of anilines is 1. The van der Waals surface area contributed by atoms with E-state index in [2.05, 4.69) is 0 Å². The van der Waals surface area contributed by atoms with Gasteiger partial charge in [0.25, 0.3) is 0 Å². The SMILES string of the molecule is CCC12CCC(=O)C(C(F)(F)F)=C1c1ccc(N)c(C)c1C2. The van der Waals surface area contributed by atoms with E-state index in [-0.39, 0.29) is 12.0 Å². The molecule has 118 valence electrons. The fourth-order valence-corrected chi connectivity index (χ4v) is 3.96. The average molecular weight is 309 g/mol. The Labute approximate surface area is 127 Å². The Morgan fingerprint density at radius 3 is 2.59 bits per heavy atom. The summed E-state index contributed by atoms with van der Waals surface area (Å²) >= 11 is 0. The van der Waals surface area contributed by atoms with Crippen LogP contribution < -0.4 is 5.73 Å². The van der Waals surface area contributed by atoms with Crippen LogP contribution in [0.5, 0.6) is 0 Å². The monoisotopic (exact) mass is 309 g/mol. The lowest BCUT2D eigenvalue weighted by Crippen LogP contribution is -2.33. The molecule has 0 heterocycles. The topological polar surface area (TPSA) is 43.1 Å². The van der Waals surface area contributed by atoms with Gasteiger partial charge >= 0.3 is 6.18 Å². The van der Waals surface area contributed by atoms with Gasteiger partial charge in [-0.05, 0) is 54.5 Å². The predicted octanol–water partition coefficient (Wildman–Crippen LogP) is 4.21. The smallest absolute Gasteiger partial charge is 0.399 e. The summed E-state index contributed by atoms with van der Waals surface area (Å²) in [6.07, 6.45) is -3.04. The van der Waals surface area contributed by atoms with Crippen molar-refractivity contribution < 1.29 is 18.0 Å². The normalized spacial score (nSPS) is 24.5. The van der Waals surface area contributed by atoms with Gasteiger partial charge < -0.3 is 5.73 Å². The number of carbonyl (C=O) groups excluding carboxylic acids is 1. The molecular formula is C17H18F3NO. The van der Waals surface area contributed by atoms with Gasteiger partial charge in [0, 0.05) is 17.5 Å². The van der Waals surface area contributed by atoms with Gasteiger partial charge in [0.2, 0.25) is 0 Å². The van der Waals surface area contributed by atoms with Crippen LogP contribution in [0.2, 0.25) is 0 Å². The van der Waals surface area contributed by atoms with Crippen LogP contribution in [0.4, 0.5) is 18.9 Å². The highest BCUT2D eigenvalue weighted by atomic mass is 19.4. The fourth-order valence-electron chi connectivity index (χ4n) is 3.96. The van der Waals surface area contributed by atoms with Gasteiger partial charge in [0.1, 0.15) is 5.57 Å². The summed E-state index contributed by atoms with van der Waals surface area (Å²) in [6, 6.07) is 3.29. The Balaban J connectivity index is 2.38. The molecule has 0 aliphatic heterocycles. The van der Waals surface area contributed by atoms with E-state index in [4.69, 9.17) is 5.73 Å². The van der Waals surface area contributed by atoms with Crippen molar-refractivity contribution in [2.24, 2.45) is 5.41 Å². The molecule has 0 spiro atoms. The third-order valence-corrected chi connectivity index (χ3v) is 5.27. The Hall–Kier alpha value is -1.78. The van der Waals surface area contributed by atoms with E-state index in [9.17, 15) is 18.0 Å². The Kier molecular flexibility index (Phi) is 3.17. The van der Waals surface area contributed by atoms with Crippen molar-refractivity contribution in [1.82, 2.24) is 0 Å². The zero-order chi connectivity index (χ0) is 16.3. The largest absolute Gasteiger partial charge is 0.420 e. The predicted molar refractivity (Wildman–Crippen MR) is 79.2 cm³/mol. The number of nitrogen functional groups attached to an aromatic ring is 1. The lowest BCUT2D eigenvalue weighted by atomic mass is 9.68. The first kappa shape index (κ1) is 15.1. The maximum absolute atomic E-state index is 13.5. The maximum Gasteiger partial charge on any atom is 0.420 e. The third kappa shape index (κ3) is 1.91. The zero-order valence-electron chi connectivity index (χ0n) is 12.6. The van der Waals surface area contributed by atoms with Crippen molar-refractivity contribution in [3.05, 3.63) is 34.4 Å². The molecule has 22 heavy (non-hydrogen) atoms. The number of Topliss-reactive ketones (excluding diaryl/α,β-unsaturated/α-hetero) is 1. The second kappa shape index (κ2) is 4.61. The van der Waals surface area contributed by atoms with Crippen LogP contribution >= 0.6 is 0 Å².